The van der Waals surface area contributed by atoms with E-state index in [4.69, 9.17) is 4.74 Å². The summed E-state index contributed by atoms with van der Waals surface area (Å²) in [4.78, 5) is 2.63. The van der Waals surface area contributed by atoms with Gasteiger partial charge in [0.2, 0.25) is 0 Å². The number of rotatable bonds is 5. The third-order valence-electron chi connectivity index (χ3n) is 4.81. The average Bonchev–Trinajstić information content (AvgIpc) is 3.02. The first-order valence-electron chi connectivity index (χ1n) is 7.94. The highest BCUT2D eigenvalue weighted by molar-refractivity contribution is 5.28. The molecule has 3 nitrogen and oxygen atoms in total. The highest BCUT2D eigenvalue weighted by atomic mass is 16.5. The van der Waals surface area contributed by atoms with Crippen molar-refractivity contribution in [1.82, 2.24) is 10.2 Å². The molecule has 1 N–H and O–H groups in total. The Balaban J connectivity index is 1.63. The van der Waals surface area contributed by atoms with Crippen LogP contribution in [0, 0.1) is 11.8 Å². The molecule has 0 aromatic heterocycles. The van der Waals surface area contributed by atoms with E-state index in [1.807, 2.05) is 0 Å². The summed E-state index contributed by atoms with van der Waals surface area (Å²) >= 11 is 0. The van der Waals surface area contributed by atoms with Gasteiger partial charge in [0.15, 0.2) is 0 Å². The molecule has 3 atom stereocenters. The minimum atomic E-state index is 0.690. The van der Waals surface area contributed by atoms with Crippen LogP contribution in [0.4, 0.5) is 0 Å². The number of fused-ring (bicyclic) bond motifs is 1. The zero-order chi connectivity index (χ0) is 13.9. The maximum Gasteiger partial charge on any atom is 0.119 e. The van der Waals surface area contributed by atoms with Gasteiger partial charge in [-0.25, -0.2) is 0 Å². The van der Waals surface area contributed by atoms with Gasteiger partial charge >= 0.3 is 0 Å². The number of hydrogen-bond donors (Lipinski definition) is 1. The molecule has 0 radical (unpaired) electrons. The van der Waals surface area contributed by atoms with Crippen molar-refractivity contribution >= 4 is 0 Å². The van der Waals surface area contributed by atoms with Crippen LogP contribution in [0.15, 0.2) is 24.3 Å². The molecule has 0 saturated carbocycles. The number of hydrogen-bond acceptors (Lipinski definition) is 3. The zero-order valence-electron chi connectivity index (χ0n) is 12.6. The standard InChI is InChI=1S/C17H26N2O/c1-3-7-20-16-6-4-5-14(8-16)11-19-12-15-9-18-10-17(15)13(19)2/h4-6,8,13,15,17-18H,3,7,9-12H2,1-2H3. The molecule has 1 aromatic rings. The minimum absolute atomic E-state index is 0.690. The number of benzene rings is 1. The van der Waals surface area contributed by atoms with Crippen molar-refractivity contribution in [3.8, 4) is 5.75 Å². The zero-order valence-corrected chi connectivity index (χ0v) is 12.6. The maximum atomic E-state index is 5.73. The van der Waals surface area contributed by atoms with Crippen LogP contribution in [-0.2, 0) is 6.54 Å². The maximum absolute atomic E-state index is 5.73. The van der Waals surface area contributed by atoms with Crippen LogP contribution in [0.2, 0.25) is 0 Å². The third-order valence-corrected chi connectivity index (χ3v) is 4.81. The molecule has 3 heteroatoms. The van der Waals surface area contributed by atoms with Gasteiger partial charge in [-0.3, -0.25) is 4.90 Å². The van der Waals surface area contributed by atoms with E-state index in [0.29, 0.717) is 6.04 Å². The molecule has 0 aliphatic carbocycles. The molecule has 20 heavy (non-hydrogen) atoms. The Bertz CT molecular complexity index is 448. The molecule has 2 saturated heterocycles. The van der Waals surface area contributed by atoms with E-state index in [-0.39, 0.29) is 0 Å². The summed E-state index contributed by atoms with van der Waals surface area (Å²) in [5.74, 6) is 2.71. The predicted molar refractivity (Wildman–Crippen MR) is 81.9 cm³/mol. The second-order valence-electron chi connectivity index (χ2n) is 6.25. The first kappa shape index (κ1) is 13.9. The highest BCUT2D eigenvalue weighted by Crippen LogP contribution is 2.33. The van der Waals surface area contributed by atoms with Gasteiger partial charge < -0.3 is 10.1 Å². The van der Waals surface area contributed by atoms with Crippen LogP contribution in [0.5, 0.6) is 5.75 Å². The summed E-state index contributed by atoms with van der Waals surface area (Å²) in [7, 11) is 0. The van der Waals surface area contributed by atoms with E-state index in [1.165, 1.54) is 25.2 Å². The summed E-state index contributed by atoms with van der Waals surface area (Å²) in [6.45, 7) is 10.0. The van der Waals surface area contributed by atoms with E-state index >= 15 is 0 Å². The molecule has 2 fully saturated rings. The normalized spacial score (nSPS) is 29.6. The van der Waals surface area contributed by atoms with Gasteiger partial charge in [0, 0.05) is 19.1 Å². The lowest BCUT2D eigenvalue weighted by atomic mass is 9.95. The lowest BCUT2D eigenvalue weighted by Gasteiger charge is -2.24. The molecular weight excluding hydrogens is 248 g/mol. The smallest absolute Gasteiger partial charge is 0.119 e. The number of ether oxygens (including phenoxy) is 1. The largest absolute Gasteiger partial charge is 0.494 e. The molecular formula is C17H26N2O. The molecule has 2 heterocycles. The Morgan fingerprint density at radius 3 is 3.05 bits per heavy atom. The van der Waals surface area contributed by atoms with Gasteiger partial charge in [-0.1, -0.05) is 19.1 Å². The summed E-state index contributed by atoms with van der Waals surface area (Å²) in [5.41, 5.74) is 1.37. The number of likely N-dealkylation sites (tertiary alicyclic amines) is 1. The van der Waals surface area contributed by atoms with E-state index in [9.17, 15) is 0 Å². The van der Waals surface area contributed by atoms with Crippen LogP contribution in [0.25, 0.3) is 0 Å². The van der Waals surface area contributed by atoms with Gasteiger partial charge in [0.05, 0.1) is 6.61 Å². The van der Waals surface area contributed by atoms with E-state index in [1.54, 1.807) is 0 Å². The molecule has 3 rings (SSSR count). The second kappa shape index (κ2) is 6.15. The van der Waals surface area contributed by atoms with Crippen molar-refractivity contribution in [2.75, 3.05) is 26.2 Å². The molecule has 2 aliphatic rings. The Morgan fingerprint density at radius 2 is 2.25 bits per heavy atom. The second-order valence-corrected chi connectivity index (χ2v) is 6.25. The Labute approximate surface area is 122 Å². The topological polar surface area (TPSA) is 24.5 Å². The quantitative estimate of drug-likeness (QED) is 0.893. The van der Waals surface area contributed by atoms with Crippen molar-refractivity contribution in [3.63, 3.8) is 0 Å². The van der Waals surface area contributed by atoms with E-state index in [2.05, 4.69) is 48.3 Å². The van der Waals surface area contributed by atoms with E-state index in [0.717, 1.165) is 37.2 Å². The molecule has 1 aromatic carbocycles. The van der Waals surface area contributed by atoms with Crippen molar-refractivity contribution in [3.05, 3.63) is 29.8 Å². The molecule has 3 unspecified atom stereocenters. The highest BCUT2D eigenvalue weighted by Gasteiger charge is 2.41. The van der Waals surface area contributed by atoms with Gasteiger partial charge in [-0.2, -0.15) is 0 Å². The summed E-state index contributed by atoms with van der Waals surface area (Å²) < 4.78 is 5.73. The lowest BCUT2D eigenvalue weighted by Crippen LogP contribution is -2.32. The van der Waals surface area contributed by atoms with Gasteiger partial charge in [-0.15, -0.1) is 0 Å². The Morgan fingerprint density at radius 1 is 1.35 bits per heavy atom. The van der Waals surface area contributed by atoms with Crippen LogP contribution in [0.3, 0.4) is 0 Å². The lowest BCUT2D eigenvalue weighted by molar-refractivity contribution is 0.231. The molecule has 110 valence electrons. The van der Waals surface area contributed by atoms with Crippen LogP contribution < -0.4 is 10.1 Å². The van der Waals surface area contributed by atoms with E-state index < -0.39 is 0 Å². The molecule has 0 bridgehead atoms. The van der Waals surface area contributed by atoms with Gasteiger partial charge in [0.1, 0.15) is 5.75 Å². The fraction of sp³-hybridized carbons (Fsp3) is 0.647. The molecule has 0 amide bonds. The van der Waals surface area contributed by atoms with Crippen molar-refractivity contribution in [2.45, 2.75) is 32.9 Å². The summed E-state index contributed by atoms with van der Waals surface area (Å²) in [5, 5.41) is 3.52. The fourth-order valence-electron chi connectivity index (χ4n) is 3.65. The molecule has 0 spiro atoms. The van der Waals surface area contributed by atoms with Gasteiger partial charge in [-0.05, 0) is 56.0 Å². The SMILES string of the molecule is CCCOc1cccc(CN2CC3CNCC3C2C)c1. The van der Waals surface area contributed by atoms with Crippen molar-refractivity contribution < 1.29 is 4.74 Å². The van der Waals surface area contributed by atoms with Crippen LogP contribution in [-0.4, -0.2) is 37.2 Å². The van der Waals surface area contributed by atoms with Crippen LogP contribution in [0.1, 0.15) is 25.8 Å². The summed E-state index contributed by atoms with van der Waals surface area (Å²) in [6.07, 6.45) is 1.06. The average molecular weight is 274 g/mol. The fourth-order valence-corrected chi connectivity index (χ4v) is 3.65. The Kier molecular flexibility index (Phi) is 4.27. The van der Waals surface area contributed by atoms with Gasteiger partial charge in [0.25, 0.3) is 0 Å². The first-order chi connectivity index (χ1) is 9.78. The number of nitrogens with zero attached hydrogens (tertiary/aromatic N) is 1. The molecule has 2 aliphatic heterocycles. The van der Waals surface area contributed by atoms with Crippen molar-refractivity contribution in [2.24, 2.45) is 11.8 Å². The number of nitrogens with one attached hydrogen (secondary N) is 1. The minimum Gasteiger partial charge on any atom is -0.494 e. The summed E-state index contributed by atoms with van der Waals surface area (Å²) in [6, 6.07) is 9.29. The first-order valence-corrected chi connectivity index (χ1v) is 7.94. The Hall–Kier alpha value is -1.06. The van der Waals surface area contributed by atoms with Crippen LogP contribution >= 0.6 is 0 Å². The predicted octanol–water partition coefficient (Wildman–Crippen LogP) is 2.52. The van der Waals surface area contributed by atoms with Crippen molar-refractivity contribution in [1.29, 1.82) is 0 Å². The monoisotopic (exact) mass is 274 g/mol. The third kappa shape index (κ3) is 2.84.